The van der Waals surface area contributed by atoms with E-state index >= 15 is 0 Å². The number of nitrogens with one attached hydrogen (secondary N) is 1. The second-order valence-corrected chi connectivity index (χ2v) is 5.35. The number of ether oxygens (including phenoxy) is 4. The zero-order valence-corrected chi connectivity index (χ0v) is 14.2. The average Bonchev–Trinajstić information content (AvgIpc) is 2.48. The van der Waals surface area contributed by atoms with Crippen molar-refractivity contribution in [1.82, 2.24) is 5.32 Å². The van der Waals surface area contributed by atoms with Crippen LogP contribution in [0.3, 0.4) is 0 Å². The third-order valence-corrected chi connectivity index (χ3v) is 3.19. The third-order valence-electron chi connectivity index (χ3n) is 3.19. The number of nitrogens with zero attached hydrogens (tertiary/aromatic N) is 1. The summed E-state index contributed by atoms with van der Waals surface area (Å²) in [4.78, 5) is 56.4. The van der Waals surface area contributed by atoms with Gasteiger partial charge >= 0.3 is 17.9 Å². The van der Waals surface area contributed by atoms with Gasteiger partial charge in [0.05, 0.1) is 0 Å². The van der Waals surface area contributed by atoms with Gasteiger partial charge in [-0.1, -0.05) is 0 Å². The molecule has 1 aliphatic rings. The third kappa shape index (κ3) is 6.10. The minimum atomic E-state index is -1.44. The van der Waals surface area contributed by atoms with Gasteiger partial charge in [0.25, 0.3) is 0 Å². The lowest BCUT2D eigenvalue weighted by atomic mass is 9.95. The van der Waals surface area contributed by atoms with Gasteiger partial charge in [-0.2, -0.15) is 0 Å². The Morgan fingerprint density at radius 3 is 1.96 bits per heavy atom. The second-order valence-electron chi connectivity index (χ2n) is 5.35. The summed E-state index contributed by atoms with van der Waals surface area (Å²) in [7, 11) is 0. The molecule has 1 aliphatic heterocycles. The highest BCUT2D eigenvalue weighted by Gasteiger charge is 2.51. The quantitative estimate of drug-likeness (QED) is 0.373. The molecule has 5 atom stereocenters. The highest BCUT2D eigenvalue weighted by atomic mass is 16.6. The number of hydrogen-bond acceptors (Lipinski definition) is 10. The van der Waals surface area contributed by atoms with Crippen LogP contribution >= 0.6 is 0 Å². The molecule has 3 unspecified atom stereocenters. The van der Waals surface area contributed by atoms with Crippen LogP contribution in [0.15, 0.2) is 5.18 Å². The maximum atomic E-state index is 11.4. The summed E-state index contributed by atoms with van der Waals surface area (Å²) in [6.07, 6.45) is -5.05. The van der Waals surface area contributed by atoms with Crippen molar-refractivity contribution in [2.24, 2.45) is 5.18 Å². The Kier molecular flexibility index (Phi) is 7.43. The van der Waals surface area contributed by atoms with E-state index in [9.17, 15) is 24.1 Å². The van der Waals surface area contributed by atoms with Crippen molar-refractivity contribution in [2.75, 3.05) is 6.61 Å². The molecule has 1 N–H and O–H groups in total. The maximum absolute atomic E-state index is 11.4. The fourth-order valence-corrected chi connectivity index (χ4v) is 2.40. The first-order valence-corrected chi connectivity index (χ1v) is 7.38. The van der Waals surface area contributed by atoms with Gasteiger partial charge in [-0.05, 0) is 5.18 Å². The Morgan fingerprint density at radius 2 is 1.52 bits per heavy atom. The zero-order valence-electron chi connectivity index (χ0n) is 14.2. The summed E-state index contributed by atoms with van der Waals surface area (Å²) in [6.45, 7) is 4.19. The van der Waals surface area contributed by atoms with E-state index in [4.69, 9.17) is 18.9 Å². The topological polar surface area (TPSA) is 147 Å². The number of hydrogen-bond donors (Lipinski definition) is 1. The Bertz CT molecular complexity index is 550. The van der Waals surface area contributed by atoms with Crippen molar-refractivity contribution in [3.8, 4) is 0 Å². The van der Waals surface area contributed by atoms with Crippen molar-refractivity contribution in [1.29, 1.82) is 0 Å². The number of rotatable bonds is 6. The van der Waals surface area contributed by atoms with Gasteiger partial charge in [-0.25, -0.2) is 0 Å². The van der Waals surface area contributed by atoms with Gasteiger partial charge in [0.2, 0.25) is 12.1 Å². The smallest absolute Gasteiger partial charge is 0.303 e. The second kappa shape index (κ2) is 9.06. The lowest BCUT2D eigenvalue weighted by molar-refractivity contribution is -0.222. The van der Waals surface area contributed by atoms with E-state index in [-0.39, 0.29) is 6.61 Å². The van der Waals surface area contributed by atoms with Crippen LogP contribution in [0.5, 0.6) is 0 Å². The van der Waals surface area contributed by atoms with Crippen LogP contribution in [0.1, 0.15) is 27.7 Å². The lowest BCUT2D eigenvalue weighted by Crippen LogP contribution is -2.65. The number of esters is 3. The Labute approximate surface area is 143 Å². The first-order chi connectivity index (χ1) is 11.6. The first-order valence-electron chi connectivity index (χ1n) is 7.38. The zero-order chi connectivity index (χ0) is 19.1. The molecular weight excluding hydrogens is 340 g/mol. The molecule has 0 radical (unpaired) electrons. The van der Waals surface area contributed by atoms with E-state index in [0.717, 1.165) is 20.8 Å². The molecule has 1 heterocycles. The molecule has 11 nitrogen and oxygen atoms in total. The van der Waals surface area contributed by atoms with Gasteiger partial charge in [0, 0.05) is 27.7 Å². The highest BCUT2D eigenvalue weighted by molar-refractivity contribution is 5.73. The SMILES string of the molecule is CC(=O)NC1C(N=O)OC(COC(C)=O)[C@@H](OC(C)=O)[C@@H]1OC(C)=O. The van der Waals surface area contributed by atoms with Crippen LogP contribution in [-0.4, -0.2) is 61.0 Å². The molecule has 1 amide bonds. The molecule has 0 bridgehead atoms. The van der Waals surface area contributed by atoms with Gasteiger partial charge in [-0.3, -0.25) is 19.2 Å². The maximum Gasteiger partial charge on any atom is 0.303 e. The molecule has 1 rings (SSSR count). The van der Waals surface area contributed by atoms with Crippen LogP contribution in [0.4, 0.5) is 0 Å². The molecule has 1 fully saturated rings. The predicted octanol–water partition coefficient (Wildman–Crippen LogP) is -0.591. The molecule has 0 saturated carbocycles. The summed E-state index contributed by atoms with van der Waals surface area (Å²) in [5, 5.41) is 5.16. The molecule has 0 aliphatic carbocycles. The summed E-state index contributed by atoms with van der Waals surface area (Å²) in [6, 6.07) is -1.18. The number of amides is 1. The average molecular weight is 360 g/mol. The van der Waals surface area contributed by atoms with E-state index in [1.54, 1.807) is 0 Å². The van der Waals surface area contributed by atoms with Crippen molar-refractivity contribution < 1.29 is 38.1 Å². The van der Waals surface area contributed by atoms with Crippen LogP contribution in [0, 0.1) is 4.91 Å². The lowest BCUT2D eigenvalue weighted by Gasteiger charge is -2.42. The Morgan fingerprint density at radius 1 is 0.960 bits per heavy atom. The number of nitroso groups, excluding NO2 is 1. The van der Waals surface area contributed by atoms with Crippen molar-refractivity contribution in [3.63, 3.8) is 0 Å². The first kappa shape index (κ1) is 20.5. The minimum absolute atomic E-state index is 0.371. The van der Waals surface area contributed by atoms with Crippen molar-refractivity contribution in [3.05, 3.63) is 4.91 Å². The van der Waals surface area contributed by atoms with Crippen LogP contribution in [0.25, 0.3) is 0 Å². The summed E-state index contributed by atoms with van der Waals surface area (Å²) in [5.41, 5.74) is 0. The Hall–Kier alpha value is -2.56. The summed E-state index contributed by atoms with van der Waals surface area (Å²) in [5.74, 6) is -2.64. The van der Waals surface area contributed by atoms with E-state index in [2.05, 4.69) is 10.5 Å². The minimum Gasteiger partial charge on any atom is -0.463 e. The van der Waals surface area contributed by atoms with E-state index in [1.807, 2.05) is 0 Å². The molecule has 0 aromatic carbocycles. The summed E-state index contributed by atoms with van der Waals surface area (Å²) >= 11 is 0. The molecule has 1 saturated heterocycles. The largest absolute Gasteiger partial charge is 0.463 e. The standard InChI is InChI=1S/C14H20N2O9/c1-6(17)15-11-13(24-9(4)20)12(23-8(3)19)10(5-22-7(2)18)25-14(11)16-21/h10-14H,5H2,1-4H3,(H,15,17)/t10?,11?,12-,13-,14?/m1/s1. The fourth-order valence-electron chi connectivity index (χ4n) is 2.40. The molecule has 0 spiro atoms. The Balaban J connectivity index is 3.20. The molecular formula is C14H20N2O9. The molecule has 25 heavy (non-hydrogen) atoms. The van der Waals surface area contributed by atoms with E-state index in [1.165, 1.54) is 6.92 Å². The molecule has 11 heteroatoms. The van der Waals surface area contributed by atoms with Crippen LogP contribution < -0.4 is 5.32 Å². The number of carbonyl (C=O) groups excluding carboxylic acids is 4. The molecule has 140 valence electrons. The van der Waals surface area contributed by atoms with Crippen LogP contribution in [-0.2, 0) is 38.1 Å². The van der Waals surface area contributed by atoms with Gasteiger partial charge in [0.1, 0.15) is 18.8 Å². The van der Waals surface area contributed by atoms with Crippen molar-refractivity contribution >= 4 is 23.8 Å². The van der Waals surface area contributed by atoms with Gasteiger partial charge in [0.15, 0.2) is 12.2 Å². The molecule has 0 aromatic rings. The highest BCUT2D eigenvalue weighted by Crippen LogP contribution is 2.27. The number of carbonyl (C=O) groups is 4. The van der Waals surface area contributed by atoms with Crippen molar-refractivity contribution in [2.45, 2.75) is 58.3 Å². The molecule has 0 aromatic heterocycles. The summed E-state index contributed by atoms with van der Waals surface area (Å²) < 4.78 is 20.5. The predicted molar refractivity (Wildman–Crippen MR) is 79.8 cm³/mol. The van der Waals surface area contributed by atoms with E-state index in [0.29, 0.717) is 0 Å². The fraction of sp³-hybridized carbons (Fsp3) is 0.714. The van der Waals surface area contributed by atoms with Gasteiger partial charge < -0.3 is 24.3 Å². The van der Waals surface area contributed by atoms with E-state index < -0.39 is 54.4 Å². The van der Waals surface area contributed by atoms with Crippen LogP contribution in [0.2, 0.25) is 0 Å². The van der Waals surface area contributed by atoms with Gasteiger partial charge in [-0.15, -0.1) is 4.91 Å². The monoisotopic (exact) mass is 360 g/mol. The normalized spacial score (nSPS) is 28.4.